The lowest BCUT2D eigenvalue weighted by Gasteiger charge is -2.15. The lowest BCUT2D eigenvalue weighted by atomic mass is 9.96. The van der Waals surface area contributed by atoms with Gasteiger partial charge in [-0.1, -0.05) is 12.8 Å². The standard InChI is InChI=1S/C18H12F4O/c1-3-11-4-5-16(15-9-18(21,22)10(2)17(11)15)23-14-7-12(19)6-13(20)8-14/h1,4-8,10H,9H2,2H3. The van der Waals surface area contributed by atoms with E-state index in [4.69, 9.17) is 11.2 Å². The fraction of sp³-hybridized carbons (Fsp3) is 0.222. The Morgan fingerprint density at radius 2 is 1.83 bits per heavy atom. The quantitative estimate of drug-likeness (QED) is 0.557. The van der Waals surface area contributed by atoms with E-state index in [1.807, 2.05) is 0 Å². The van der Waals surface area contributed by atoms with E-state index in [2.05, 4.69) is 5.92 Å². The average molecular weight is 320 g/mol. The van der Waals surface area contributed by atoms with E-state index in [-0.39, 0.29) is 17.1 Å². The highest BCUT2D eigenvalue weighted by Crippen LogP contribution is 2.49. The molecule has 0 fully saturated rings. The van der Waals surface area contributed by atoms with Crippen LogP contribution in [0.25, 0.3) is 0 Å². The van der Waals surface area contributed by atoms with Gasteiger partial charge in [0.1, 0.15) is 23.1 Å². The smallest absolute Gasteiger partial charge is 0.258 e. The Kier molecular flexibility index (Phi) is 3.56. The fourth-order valence-corrected chi connectivity index (χ4v) is 2.86. The van der Waals surface area contributed by atoms with Crippen molar-refractivity contribution >= 4 is 0 Å². The molecule has 0 saturated carbocycles. The van der Waals surface area contributed by atoms with Gasteiger partial charge in [-0.2, -0.15) is 0 Å². The molecule has 1 atom stereocenters. The fourth-order valence-electron chi connectivity index (χ4n) is 2.86. The van der Waals surface area contributed by atoms with Crippen LogP contribution in [-0.2, 0) is 6.42 Å². The molecule has 1 nitrogen and oxygen atoms in total. The first-order valence-corrected chi connectivity index (χ1v) is 6.96. The van der Waals surface area contributed by atoms with Crippen LogP contribution in [0, 0.1) is 24.0 Å². The van der Waals surface area contributed by atoms with E-state index in [0.29, 0.717) is 17.2 Å². The van der Waals surface area contributed by atoms with E-state index >= 15 is 0 Å². The summed E-state index contributed by atoms with van der Waals surface area (Å²) in [5, 5.41) is 0. The van der Waals surface area contributed by atoms with Crippen LogP contribution >= 0.6 is 0 Å². The van der Waals surface area contributed by atoms with E-state index in [9.17, 15) is 17.6 Å². The minimum Gasteiger partial charge on any atom is -0.457 e. The van der Waals surface area contributed by atoms with Gasteiger partial charge in [0.2, 0.25) is 0 Å². The zero-order valence-electron chi connectivity index (χ0n) is 12.2. The monoisotopic (exact) mass is 320 g/mol. The summed E-state index contributed by atoms with van der Waals surface area (Å²) in [4.78, 5) is 0. The van der Waals surface area contributed by atoms with E-state index in [0.717, 1.165) is 12.1 Å². The number of hydrogen-bond acceptors (Lipinski definition) is 1. The predicted octanol–water partition coefficient (Wildman–Crippen LogP) is 5.03. The van der Waals surface area contributed by atoms with Gasteiger partial charge in [-0.15, -0.1) is 6.42 Å². The number of terminal acetylenes is 1. The second-order valence-corrected chi connectivity index (χ2v) is 5.51. The highest BCUT2D eigenvalue weighted by Gasteiger charge is 2.47. The highest BCUT2D eigenvalue weighted by atomic mass is 19.3. The summed E-state index contributed by atoms with van der Waals surface area (Å²) in [6.45, 7) is 1.40. The third-order valence-electron chi connectivity index (χ3n) is 4.01. The number of rotatable bonds is 2. The van der Waals surface area contributed by atoms with Crippen LogP contribution < -0.4 is 4.74 Å². The number of benzene rings is 2. The van der Waals surface area contributed by atoms with E-state index in [1.54, 1.807) is 0 Å². The first-order valence-electron chi connectivity index (χ1n) is 6.96. The van der Waals surface area contributed by atoms with Gasteiger partial charge in [0.25, 0.3) is 5.92 Å². The highest BCUT2D eigenvalue weighted by molar-refractivity contribution is 5.57. The van der Waals surface area contributed by atoms with E-state index in [1.165, 1.54) is 19.1 Å². The molecule has 2 aromatic rings. The van der Waals surface area contributed by atoms with Crippen molar-refractivity contribution in [1.82, 2.24) is 0 Å². The molecule has 0 aromatic heterocycles. The molecule has 118 valence electrons. The molecular weight excluding hydrogens is 308 g/mol. The van der Waals surface area contributed by atoms with Gasteiger partial charge < -0.3 is 4.74 Å². The summed E-state index contributed by atoms with van der Waals surface area (Å²) in [6.07, 6.45) is 4.86. The lowest BCUT2D eigenvalue weighted by molar-refractivity contribution is -0.0100. The first-order chi connectivity index (χ1) is 10.8. The summed E-state index contributed by atoms with van der Waals surface area (Å²) in [6, 6.07) is 5.63. The molecular formula is C18H12F4O. The van der Waals surface area contributed by atoms with Gasteiger partial charge in [-0.25, -0.2) is 17.6 Å². The van der Waals surface area contributed by atoms with Crippen molar-refractivity contribution < 1.29 is 22.3 Å². The molecule has 0 amide bonds. The Morgan fingerprint density at radius 1 is 1.17 bits per heavy atom. The molecule has 5 heteroatoms. The van der Waals surface area contributed by atoms with Crippen LogP contribution in [0.3, 0.4) is 0 Å². The molecule has 3 rings (SSSR count). The summed E-state index contributed by atoms with van der Waals surface area (Å²) in [5.41, 5.74) is 1.01. The lowest BCUT2D eigenvalue weighted by Crippen LogP contribution is -2.19. The number of ether oxygens (including phenoxy) is 1. The number of alkyl halides is 2. The molecule has 1 unspecified atom stereocenters. The minimum atomic E-state index is -2.94. The Bertz CT molecular complexity index is 800. The second kappa shape index (κ2) is 5.31. The Balaban J connectivity index is 2.08. The Morgan fingerprint density at radius 3 is 2.43 bits per heavy atom. The van der Waals surface area contributed by atoms with Crippen LogP contribution in [0.1, 0.15) is 29.5 Å². The SMILES string of the molecule is C#Cc1ccc(Oc2cc(F)cc(F)c2)c2c1C(C)C(F)(F)C2. The van der Waals surface area contributed by atoms with Crippen molar-refractivity contribution in [2.24, 2.45) is 0 Å². The molecule has 0 aliphatic heterocycles. The molecule has 1 aliphatic carbocycles. The van der Waals surface area contributed by atoms with Crippen LogP contribution in [0.2, 0.25) is 0 Å². The second-order valence-electron chi connectivity index (χ2n) is 5.51. The van der Waals surface area contributed by atoms with Gasteiger partial charge in [0.15, 0.2) is 0 Å². The van der Waals surface area contributed by atoms with Gasteiger partial charge in [-0.05, 0) is 17.7 Å². The largest absolute Gasteiger partial charge is 0.457 e. The van der Waals surface area contributed by atoms with Crippen LogP contribution in [0.5, 0.6) is 11.5 Å². The number of hydrogen-bond donors (Lipinski definition) is 0. The molecule has 0 radical (unpaired) electrons. The van der Waals surface area contributed by atoms with Crippen molar-refractivity contribution in [1.29, 1.82) is 0 Å². The molecule has 0 bridgehead atoms. The van der Waals surface area contributed by atoms with Gasteiger partial charge in [0, 0.05) is 41.7 Å². The average Bonchev–Trinajstić information content (AvgIpc) is 2.70. The zero-order valence-corrected chi connectivity index (χ0v) is 12.2. The zero-order chi connectivity index (χ0) is 16.8. The van der Waals surface area contributed by atoms with Gasteiger partial charge in [-0.3, -0.25) is 0 Å². The van der Waals surface area contributed by atoms with Crippen LogP contribution in [0.15, 0.2) is 30.3 Å². The third kappa shape index (κ3) is 2.65. The number of fused-ring (bicyclic) bond motifs is 1. The topological polar surface area (TPSA) is 9.23 Å². The Labute approximate surface area is 130 Å². The third-order valence-corrected chi connectivity index (χ3v) is 4.01. The summed E-state index contributed by atoms with van der Waals surface area (Å²) in [5.74, 6) is -3.18. The normalized spacial score (nSPS) is 18.3. The molecule has 23 heavy (non-hydrogen) atoms. The van der Waals surface area contributed by atoms with Gasteiger partial charge >= 0.3 is 0 Å². The molecule has 2 aromatic carbocycles. The maximum Gasteiger partial charge on any atom is 0.258 e. The molecule has 0 spiro atoms. The Hall–Kier alpha value is -2.48. The van der Waals surface area contributed by atoms with Gasteiger partial charge in [0.05, 0.1) is 0 Å². The van der Waals surface area contributed by atoms with Crippen molar-refractivity contribution in [3.8, 4) is 23.8 Å². The summed E-state index contributed by atoms with van der Waals surface area (Å²) >= 11 is 0. The van der Waals surface area contributed by atoms with E-state index < -0.39 is 29.9 Å². The van der Waals surface area contributed by atoms with Crippen molar-refractivity contribution in [3.05, 3.63) is 58.7 Å². The molecule has 1 aliphatic rings. The molecule has 0 N–H and O–H groups in total. The maximum atomic E-state index is 14.0. The van der Waals surface area contributed by atoms with Crippen molar-refractivity contribution in [2.75, 3.05) is 0 Å². The van der Waals surface area contributed by atoms with Crippen molar-refractivity contribution in [3.63, 3.8) is 0 Å². The maximum absolute atomic E-state index is 14.0. The predicted molar refractivity (Wildman–Crippen MR) is 77.9 cm³/mol. The first kappa shape index (κ1) is 15.4. The molecule has 0 saturated heterocycles. The molecule has 0 heterocycles. The summed E-state index contributed by atoms with van der Waals surface area (Å²) in [7, 11) is 0. The number of halogens is 4. The van der Waals surface area contributed by atoms with Crippen LogP contribution in [-0.4, -0.2) is 5.92 Å². The minimum absolute atomic E-state index is 0.0963. The van der Waals surface area contributed by atoms with Crippen molar-refractivity contribution in [2.45, 2.75) is 25.2 Å². The van der Waals surface area contributed by atoms with Crippen LogP contribution in [0.4, 0.5) is 17.6 Å². The summed E-state index contributed by atoms with van der Waals surface area (Å²) < 4.78 is 60.0.